The van der Waals surface area contributed by atoms with Gasteiger partial charge in [0.15, 0.2) is 0 Å². The minimum atomic E-state index is -0.396. The molecule has 0 bridgehead atoms. The first-order valence-corrected chi connectivity index (χ1v) is 37.3. The number of aliphatic hydroxyl groups excluding tert-OH is 1. The third kappa shape index (κ3) is 27.2. The van der Waals surface area contributed by atoms with Crippen molar-refractivity contribution in [3.05, 3.63) is 187 Å². The Hall–Kier alpha value is -6.36. The minimum Gasteiger partial charge on any atom is -0.399 e. The number of aliphatic hydroxyl groups is 1. The Balaban J connectivity index is 0.000000219. The van der Waals surface area contributed by atoms with Crippen molar-refractivity contribution in [1.82, 2.24) is 38.3 Å². The zero-order valence-electron chi connectivity index (χ0n) is 56.6. The summed E-state index contributed by atoms with van der Waals surface area (Å²) in [5, 5.41) is 45.0. The number of nitrogens with one attached hydrogen (secondary N) is 2. The number of aromatic nitrogens is 4. The second kappa shape index (κ2) is 45.5. The van der Waals surface area contributed by atoms with Crippen molar-refractivity contribution in [3.8, 4) is 0 Å². The number of hydrogen-bond acceptors (Lipinski definition) is 15. The van der Waals surface area contributed by atoms with Crippen LogP contribution in [0.2, 0.25) is 0 Å². The molecule has 4 aromatic carbocycles. The van der Waals surface area contributed by atoms with Crippen LogP contribution in [0.1, 0.15) is 101 Å². The lowest BCUT2D eigenvalue weighted by molar-refractivity contribution is -0.384. The van der Waals surface area contributed by atoms with E-state index in [9.17, 15) is 20.2 Å². The molecule has 538 valence electrons. The highest BCUT2D eigenvalue weighted by atomic mass is 127. The number of anilines is 1. The number of likely N-dealkylation sites (tertiary alicyclic amines) is 4. The Morgan fingerprint density at radius 1 is 0.576 bits per heavy atom. The summed E-state index contributed by atoms with van der Waals surface area (Å²) in [6, 6.07) is 38.3. The van der Waals surface area contributed by atoms with Crippen molar-refractivity contribution < 1.29 is 15.0 Å². The average molecular weight is 1560 g/mol. The summed E-state index contributed by atoms with van der Waals surface area (Å²) in [7, 11) is 0. The van der Waals surface area contributed by atoms with Crippen LogP contribution in [-0.4, -0.2) is 161 Å². The molecule has 10 heterocycles. The number of halogens is 3. The van der Waals surface area contributed by atoms with Crippen LogP contribution in [0.3, 0.4) is 0 Å². The molecule has 0 spiro atoms. The number of piperidine rings is 4. The van der Waals surface area contributed by atoms with Crippen molar-refractivity contribution in [1.29, 1.82) is 5.41 Å². The van der Waals surface area contributed by atoms with Crippen LogP contribution in [0, 0.1) is 25.6 Å². The van der Waals surface area contributed by atoms with Gasteiger partial charge in [0.2, 0.25) is 0 Å². The van der Waals surface area contributed by atoms with Gasteiger partial charge in [-0.25, -0.2) is 4.99 Å². The summed E-state index contributed by atoms with van der Waals surface area (Å²) in [4.78, 5) is 40.1. The van der Waals surface area contributed by atoms with Crippen LogP contribution in [0.4, 0.5) is 22.7 Å². The van der Waals surface area contributed by atoms with E-state index in [1.165, 1.54) is 169 Å². The summed E-state index contributed by atoms with van der Waals surface area (Å²) < 4.78 is 6.87. The van der Waals surface area contributed by atoms with Crippen LogP contribution in [0.15, 0.2) is 162 Å². The number of rotatable bonds is 16. The number of nitrogens with zero attached hydrogens (tertiary/aromatic N) is 10. The summed E-state index contributed by atoms with van der Waals surface area (Å²) >= 11 is 10.3. The van der Waals surface area contributed by atoms with E-state index in [0.717, 1.165) is 94.6 Å². The quantitative estimate of drug-likeness (QED) is 0.0115. The van der Waals surface area contributed by atoms with E-state index >= 15 is 0 Å². The second-order valence-electron chi connectivity index (χ2n) is 24.2. The molecule has 99 heavy (non-hydrogen) atoms. The number of aromatic amines is 1. The van der Waals surface area contributed by atoms with Gasteiger partial charge < -0.3 is 54.9 Å². The van der Waals surface area contributed by atoms with Crippen molar-refractivity contribution in [2.75, 3.05) is 103 Å². The topological polar surface area (TPSA) is 238 Å². The highest BCUT2D eigenvalue weighted by Gasteiger charge is 2.16. The molecule has 0 aliphatic carbocycles. The van der Waals surface area contributed by atoms with Crippen LogP contribution in [0.25, 0.3) is 43.6 Å². The van der Waals surface area contributed by atoms with E-state index in [0.29, 0.717) is 10.9 Å². The lowest BCUT2D eigenvalue weighted by atomic mass is 10.1. The highest BCUT2D eigenvalue weighted by molar-refractivity contribution is 14.0. The second-order valence-corrected chi connectivity index (χ2v) is 27.3. The Kier molecular flexibility index (Phi) is 38.3. The number of amidine groups is 1. The maximum absolute atomic E-state index is 10.8. The summed E-state index contributed by atoms with van der Waals surface area (Å²) in [5.41, 5.74) is 18.5. The number of nitrogen functional groups attached to an aromatic ring is 1. The molecule has 0 saturated carbocycles. The third-order valence-corrected chi connectivity index (χ3v) is 20.1. The average Bonchev–Trinajstić information content (AvgIpc) is 1.71. The first kappa shape index (κ1) is 83.3. The standard InChI is InChI=1S/C20H24N4S.C15H19N3O2.C15H21N3.C8H6N2O2.C7H14ClN.C6H7NS2.C2H6O.CH4.ClH.HI/c21-20(19-5-4-14-25-19)22-17-6-7-18-16(15-17)8-11-24(18)13-12-23-9-2-1-3-10-23;19-18(20)14-4-5-15-13(12-14)6-9-17(15)11-10-16-7-2-1-3-8-16;16-14-4-5-15-13(12-14)6-9-18(15)11-10-17-7-2-1-3-8-17;11-10(12)7-1-2-8-6(5-7)3-4-9-8;8-4-7-9-5-2-1-3-6-9;1-8-6(7)5-3-2-4-9-5;1-2-3;;;/h4-8,11,14-15H,1-3,9-10,12-13H2,(H2,21,22);4-6,9,12H,1-3,7-8,10-11H2;4-6,9,12H,1-3,7-8,10-11,16H2;1-5,9H;1-7H2;2-4,7H,1H3;3H,2H2,1H3;1H4;2*1H. The lowest BCUT2D eigenvalue weighted by Gasteiger charge is -2.26. The highest BCUT2D eigenvalue weighted by Crippen LogP contribution is 2.26. The maximum atomic E-state index is 10.8. The number of H-pyrrole nitrogens is 1. The zero-order chi connectivity index (χ0) is 67.9. The van der Waals surface area contributed by atoms with Gasteiger partial charge in [0, 0.05) is 157 Å². The van der Waals surface area contributed by atoms with E-state index in [2.05, 4.69) is 92.1 Å². The van der Waals surface area contributed by atoms with Gasteiger partial charge in [-0.2, -0.15) is 0 Å². The van der Waals surface area contributed by atoms with Gasteiger partial charge >= 0.3 is 0 Å². The number of fused-ring (bicyclic) bond motifs is 4. The predicted octanol–water partition coefficient (Wildman–Crippen LogP) is 17.9. The Bertz CT molecular complexity index is 3950. The number of thiophene rings is 2. The summed E-state index contributed by atoms with van der Waals surface area (Å²) in [6.45, 7) is 19.4. The molecule has 7 N–H and O–H groups in total. The predicted molar refractivity (Wildman–Crippen MR) is 435 cm³/mol. The fraction of sp³-hybridized carbons (Fsp3) is 0.432. The van der Waals surface area contributed by atoms with Crippen LogP contribution in [-0.2, 0) is 19.6 Å². The van der Waals surface area contributed by atoms with Crippen LogP contribution in [0.5, 0.6) is 0 Å². The largest absolute Gasteiger partial charge is 0.399 e. The number of nitrogens with two attached hydrogens (primary N) is 2. The minimum absolute atomic E-state index is 0. The monoisotopic (exact) mass is 1560 g/mol. The molecule has 25 heteroatoms. The number of nitro benzene ring substituents is 2. The van der Waals surface area contributed by atoms with E-state index in [1.807, 2.05) is 77.8 Å². The van der Waals surface area contributed by atoms with Crippen molar-refractivity contribution in [2.24, 2.45) is 10.7 Å². The van der Waals surface area contributed by atoms with E-state index in [-0.39, 0.29) is 66.7 Å². The van der Waals surface area contributed by atoms with Crippen LogP contribution < -0.4 is 11.5 Å². The molecule has 4 aliphatic heterocycles. The summed E-state index contributed by atoms with van der Waals surface area (Å²) in [6.07, 6.45) is 26.4. The van der Waals surface area contributed by atoms with E-state index in [4.69, 9.17) is 33.6 Å². The molecular weight excluding hydrogens is 1460 g/mol. The SMILES string of the molecule is C.CCO.CSC(=N)c1cccs1.Cl.ClCCN1CCCCC1.I.NC(=Nc1ccc2c(ccn2CCN2CCCCC2)c1)c1cccs1.Nc1ccc2c(ccn2CCN2CCCCC2)c1.O=[N+]([O-])c1ccc2[nH]ccc2c1.O=[N+]([O-])c1ccc2c(ccn2CCN2CCCCC2)c1. The molecule has 0 radical (unpaired) electrons. The number of hydrogen-bond donors (Lipinski definition) is 5. The molecule has 0 atom stereocenters. The molecule has 19 nitrogen and oxygen atoms in total. The number of alkyl halides is 1. The van der Waals surface area contributed by atoms with Gasteiger partial charge in [0.25, 0.3) is 11.4 Å². The van der Waals surface area contributed by atoms with Gasteiger partial charge in [0.05, 0.1) is 25.3 Å². The number of aliphatic imine (C=N–C) groups is 1. The number of thioether (sulfide) groups is 1. The van der Waals surface area contributed by atoms with Crippen molar-refractivity contribution >= 4 is 160 Å². The van der Waals surface area contributed by atoms with Crippen molar-refractivity contribution in [2.45, 2.75) is 111 Å². The van der Waals surface area contributed by atoms with Gasteiger partial charge in [-0.3, -0.25) is 25.6 Å². The van der Waals surface area contributed by atoms with Crippen molar-refractivity contribution in [3.63, 3.8) is 0 Å². The number of benzene rings is 4. The molecule has 0 amide bonds. The Labute approximate surface area is 625 Å². The molecule has 0 unspecified atom stereocenters. The van der Waals surface area contributed by atoms with E-state index < -0.39 is 4.92 Å². The smallest absolute Gasteiger partial charge is 0.270 e. The molecule has 4 saturated heterocycles. The Morgan fingerprint density at radius 2 is 0.980 bits per heavy atom. The summed E-state index contributed by atoms with van der Waals surface area (Å²) in [5.74, 6) is 1.37. The number of nitro groups is 2. The van der Waals surface area contributed by atoms with Crippen LogP contribution >= 0.6 is 82.4 Å². The Morgan fingerprint density at radius 3 is 1.41 bits per heavy atom. The van der Waals surface area contributed by atoms with Gasteiger partial charge in [0.1, 0.15) is 10.9 Å². The first-order chi connectivity index (χ1) is 46.8. The molecule has 10 aromatic rings. The number of non-ortho nitro benzene ring substituents is 2. The van der Waals surface area contributed by atoms with Gasteiger partial charge in [-0.05, 0) is 213 Å². The van der Waals surface area contributed by atoms with Gasteiger partial charge in [-0.1, -0.05) is 45.2 Å². The molecule has 14 rings (SSSR count). The third-order valence-electron chi connectivity index (χ3n) is 17.4. The zero-order valence-corrected chi connectivity index (χ0v) is 63.0. The lowest BCUT2D eigenvalue weighted by Crippen LogP contribution is -2.32. The normalized spacial score (nSPS) is 15.0. The van der Waals surface area contributed by atoms with Gasteiger partial charge in [-0.15, -0.1) is 82.4 Å². The fourth-order valence-corrected chi connectivity index (χ4v) is 14.3. The molecule has 4 fully saturated rings. The molecule has 6 aromatic heterocycles. The molecular formula is C74H103Cl2IN14O5S3. The fourth-order valence-electron chi connectivity index (χ4n) is 12.2. The maximum Gasteiger partial charge on any atom is 0.270 e. The first-order valence-electron chi connectivity index (χ1n) is 33.8. The van der Waals surface area contributed by atoms with E-state index in [1.54, 1.807) is 60.1 Å². The molecule has 4 aliphatic rings.